The maximum Gasteiger partial charge on any atom is 0.321 e. The number of carboxylic acid groups (broad SMARTS) is 1. The number of rotatable bonds is 8. The molecule has 0 aromatic heterocycles. The molecule has 1 atom stereocenters. The normalized spacial score (nSPS) is 12.6. The van der Waals surface area contributed by atoms with Crippen molar-refractivity contribution in [1.29, 1.82) is 5.41 Å². The molecule has 8 nitrogen and oxygen atoms in total. The number of hydrogen-bond donors (Lipinski definition) is 5. The van der Waals surface area contributed by atoms with Crippen LogP contribution in [0.25, 0.3) is 10.8 Å². The monoisotopic (exact) mass is 364 g/mol. The van der Waals surface area contributed by atoms with Crippen molar-refractivity contribution < 1.29 is 18.3 Å². The standard InChI is InChI=1S/C16H20N4O4S/c17-16(18)19-10-4-8-13(15(21)22)20-25(23,24)14-9-3-6-11-5-1-2-7-12(11)14/h1-3,5-7,9,13,20H,4,8,10H2,(H,21,22)(H4,17,18,19)/t13-/m0/s1. The van der Waals surface area contributed by atoms with Crippen molar-refractivity contribution in [2.24, 2.45) is 5.73 Å². The van der Waals surface area contributed by atoms with Gasteiger partial charge in [-0.1, -0.05) is 36.4 Å². The number of hydrogen-bond acceptors (Lipinski definition) is 4. The lowest BCUT2D eigenvalue weighted by atomic mass is 10.1. The maximum atomic E-state index is 12.7. The molecule has 25 heavy (non-hydrogen) atoms. The molecule has 0 unspecified atom stereocenters. The van der Waals surface area contributed by atoms with Gasteiger partial charge in [0, 0.05) is 11.9 Å². The summed E-state index contributed by atoms with van der Waals surface area (Å²) < 4.78 is 27.6. The first kappa shape index (κ1) is 18.7. The van der Waals surface area contributed by atoms with Crippen LogP contribution in [-0.4, -0.2) is 38.0 Å². The van der Waals surface area contributed by atoms with E-state index in [9.17, 15) is 18.3 Å². The number of fused-ring (bicyclic) bond motifs is 1. The fourth-order valence-electron chi connectivity index (χ4n) is 2.44. The lowest BCUT2D eigenvalue weighted by Crippen LogP contribution is -2.41. The van der Waals surface area contributed by atoms with Gasteiger partial charge in [0.15, 0.2) is 5.96 Å². The van der Waals surface area contributed by atoms with E-state index in [4.69, 9.17) is 11.1 Å². The number of carbonyl (C=O) groups is 1. The second kappa shape index (κ2) is 7.95. The molecule has 0 aliphatic rings. The van der Waals surface area contributed by atoms with Gasteiger partial charge in [-0.3, -0.25) is 10.2 Å². The highest BCUT2D eigenvalue weighted by molar-refractivity contribution is 7.89. The highest BCUT2D eigenvalue weighted by Gasteiger charge is 2.26. The Bertz CT molecular complexity index is 877. The largest absolute Gasteiger partial charge is 0.480 e. The fraction of sp³-hybridized carbons (Fsp3) is 0.250. The molecule has 0 spiro atoms. The predicted octanol–water partition coefficient (Wildman–Crippen LogP) is 0.835. The second-order valence-electron chi connectivity index (χ2n) is 5.47. The summed E-state index contributed by atoms with van der Waals surface area (Å²) >= 11 is 0. The Morgan fingerprint density at radius 3 is 2.56 bits per heavy atom. The zero-order valence-corrected chi connectivity index (χ0v) is 14.2. The van der Waals surface area contributed by atoms with Crippen LogP contribution in [-0.2, 0) is 14.8 Å². The third-order valence-electron chi connectivity index (χ3n) is 3.62. The molecule has 9 heteroatoms. The highest BCUT2D eigenvalue weighted by Crippen LogP contribution is 2.23. The molecule has 6 N–H and O–H groups in total. The van der Waals surface area contributed by atoms with Crippen LogP contribution in [0.4, 0.5) is 0 Å². The summed E-state index contributed by atoms with van der Waals surface area (Å²) in [6.45, 7) is 0.287. The molecule has 0 fully saturated rings. The number of sulfonamides is 1. The van der Waals surface area contributed by atoms with Crippen LogP contribution in [0, 0.1) is 5.41 Å². The van der Waals surface area contributed by atoms with E-state index in [2.05, 4.69) is 10.0 Å². The van der Waals surface area contributed by atoms with Crippen molar-refractivity contribution in [3.63, 3.8) is 0 Å². The molecule has 2 aromatic rings. The van der Waals surface area contributed by atoms with Crippen molar-refractivity contribution in [2.45, 2.75) is 23.8 Å². The third kappa shape index (κ3) is 4.91. The summed E-state index contributed by atoms with van der Waals surface area (Å²) in [5.41, 5.74) is 5.14. The van der Waals surface area contributed by atoms with Crippen molar-refractivity contribution in [3.05, 3.63) is 42.5 Å². The topological polar surface area (TPSA) is 145 Å². The van der Waals surface area contributed by atoms with Crippen molar-refractivity contribution in [1.82, 2.24) is 10.0 Å². The van der Waals surface area contributed by atoms with Gasteiger partial charge < -0.3 is 16.2 Å². The SMILES string of the molecule is N=C(N)NCCC[C@H](NS(=O)(=O)c1cccc2ccccc12)C(=O)O. The maximum absolute atomic E-state index is 12.7. The van der Waals surface area contributed by atoms with E-state index in [1.807, 2.05) is 0 Å². The molecule has 134 valence electrons. The lowest BCUT2D eigenvalue weighted by Gasteiger charge is -2.16. The van der Waals surface area contributed by atoms with Gasteiger partial charge in [0.25, 0.3) is 0 Å². The summed E-state index contributed by atoms with van der Waals surface area (Å²) in [7, 11) is -4.00. The molecule has 0 heterocycles. The zero-order chi connectivity index (χ0) is 18.4. The van der Waals surface area contributed by atoms with Gasteiger partial charge in [0.1, 0.15) is 6.04 Å². The molecule has 0 aliphatic heterocycles. The minimum atomic E-state index is -4.00. The Hall–Kier alpha value is -2.65. The summed E-state index contributed by atoms with van der Waals surface area (Å²) in [5.74, 6) is -1.48. The molecular weight excluding hydrogens is 344 g/mol. The smallest absolute Gasteiger partial charge is 0.321 e. The Kier molecular flexibility index (Phi) is 5.94. The van der Waals surface area contributed by atoms with Gasteiger partial charge >= 0.3 is 5.97 Å². The Labute approximate surface area is 145 Å². The summed E-state index contributed by atoms with van der Waals surface area (Å²) in [5, 5.41) is 20.2. The first-order valence-corrected chi connectivity index (χ1v) is 9.10. The van der Waals surface area contributed by atoms with Crippen LogP contribution in [0.15, 0.2) is 47.4 Å². The van der Waals surface area contributed by atoms with Crippen LogP contribution in [0.1, 0.15) is 12.8 Å². The van der Waals surface area contributed by atoms with Crippen LogP contribution < -0.4 is 15.8 Å². The van der Waals surface area contributed by atoms with Crippen molar-refractivity contribution in [3.8, 4) is 0 Å². The van der Waals surface area contributed by atoms with Crippen molar-refractivity contribution >= 4 is 32.7 Å². The molecule has 0 saturated heterocycles. The summed E-state index contributed by atoms with van der Waals surface area (Å²) in [6.07, 6.45) is 0.411. The number of benzene rings is 2. The van der Waals surface area contributed by atoms with E-state index in [1.165, 1.54) is 6.07 Å². The minimum Gasteiger partial charge on any atom is -0.480 e. The van der Waals surface area contributed by atoms with Gasteiger partial charge in [-0.2, -0.15) is 4.72 Å². The molecule has 0 bridgehead atoms. The van der Waals surface area contributed by atoms with E-state index in [1.54, 1.807) is 36.4 Å². The number of guanidine groups is 1. The molecule has 0 aliphatic carbocycles. The average Bonchev–Trinajstić information content (AvgIpc) is 2.56. The van der Waals surface area contributed by atoms with E-state index in [0.29, 0.717) is 11.8 Å². The van der Waals surface area contributed by atoms with Crippen molar-refractivity contribution in [2.75, 3.05) is 6.54 Å². The average molecular weight is 364 g/mol. The zero-order valence-electron chi connectivity index (χ0n) is 13.4. The van der Waals surface area contributed by atoms with E-state index in [0.717, 1.165) is 5.39 Å². The quantitative estimate of drug-likeness (QED) is 0.266. The predicted molar refractivity (Wildman–Crippen MR) is 94.8 cm³/mol. The van der Waals surface area contributed by atoms with E-state index < -0.39 is 22.0 Å². The van der Waals surface area contributed by atoms with Gasteiger partial charge in [0.2, 0.25) is 10.0 Å². The first-order chi connectivity index (χ1) is 11.8. The molecular formula is C16H20N4O4S. The number of carboxylic acids is 1. The minimum absolute atomic E-state index is 0.0405. The van der Waals surface area contributed by atoms with Gasteiger partial charge in [0.05, 0.1) is 4.90 Å². The van der Waals surface area contributed by atoms with Crippen LogP contribution >= 0.6 is 0 Å². The first-order valence-electron chi connectivity index (χ1n) is 7.62. The lowest BCUT2D eigenvalue weighted by molar-refractivity contribution is -0.139. The molecule has 2 aromatic carbocycles. The number of nitrogens with two attached hydrogens (primary N) is 1. The summed E-state index contributed by atoms with van der Waals surface area (Å²) in [6, 6.07) is 10.6. The molecule has 0 amide bonds. The number of nitrogens with one attached hydrogen (secondary N) is 3. The Morgan fingerprint density at radius 2 is 1.88 bits per heavy atom. The van der Waals surface area contributed by atoms with Crippen LogP contribution in [0.3, 0.4) is 0 Å². The van der Waals surface area contributed by atoms with Gasteiger partial charge in [-0.05, 0) is 24.3 Å². The molecule has 0 saturated carbocycles. The third-order valence-corrected chi connectivity index (χ3v) is 5.15. The fourth-order valence-corrected chi connectivity index (χ4v) is 3.90. The molecule has 2 rings (SSSR count). The van der Waals surface area contributed by atoms with Crippen LogP contribution in [0.5, 0.6) is 0 Å². The number of aliphatic carboxylic acids is 1. The molecule has 0 radical (unpaired) electrons. The Morgan fingerprint density at radius 1 is 1.20 bits per heavy atom. The van der Waals surface area contributed by atoms with Gasteiger partial charge in [-0.25, -0.2) is 8.42 Å². The van der Waals surface area contributed by atoms with E-state index >= 15 is 0 Å². The van der Waals surface area contributed by atoms with Gasteiger partial charge in [-0.15, -0.1) is 0 Å². The summed E-state index contributed by atoms with van der Waals surface area (Å²) in [4.78, 5) is 11.4. The second-order valence-corrected chi connectivity index (χ2v) is 7.15. The van der Waals surface area contributed by atoms with Crippen LogP contribution in [0.2, 0.25) is 0 Å². The highest BCUT2D eigenvalue weighted by atomic mass is 32.2. The van der Waals surface area contributed by atoms with E-state index in [-0.39, 0.29) is 23.8 Å². The Balaban J connectivity index is 2.19.